The fourth-order valence-electron chi connectivity index (χ4n) is 1.12. The van der Waals surface area contributed by atoms with Crippen molar-refractivity contribution in [1.82, 2.24) is 0 Å². The van der Waals surface area contributed by atoms with Gasteiger partial charge in [0.05, 0.1) is 5.71 Å². The Labute approximate surface area is 72.5 Å². The smallest absolute Gasteiger partial charge is 0.0583 e. The Morgan fingerprint density at radius 3 is 2.67 bits per heavy atom. The highest BCUT2D eigenvalue weighted by atomic mass is 16.4. The number of oxime groups is 1. The predicted octanol–water partition coefficient (Wildman–Crippen LogP) is 2.39. The molecule has 0 saturated carbocycles. The van der Waals surface area contributed by atoms with E-state index in [2.05, 4.69) is 18.1 Å². The van der Waals surface area contributed by atoms with Crippen molar-refractivity contribution in [2.45, 2.75) is 20.3 Å². The maximum atomic E-state index is 8.47. The van der Waals surface area contributed by atoms with Gasteiger partial charge in [0.15, 0.2) is 0 Å². The third kappa shape index (κ3) is 2.09. The molecule has 12 heavy (non-hydrogen) atoms. The molecule has 0 radical (unpaired) electrons. The lowest BCUT2D eigenvalue weighted by Gasteiger charge is -2.02. The molecular formula is C10H13NO. The predicted molar refractivity (Wildman–Crippen MR) is 49.8 cm³/mol. The molecule has 2 heteroatoms. The van der Waals surface area contributed by atoms with Gasteiger partial charge in [-0.3, -0.25) is 0 Å². The molecule has 0 bridgehead atoms. The van der Waals surface area contributed by atoms with Gasteiger partial charge in [-0.25, -0.2) is 0 Å². The lowest BCUT2D eigenvalue weighted by molar-refractivity contribution is 0.317. The van der Waals surface area contributed by atoms with Gasteiger partial charge in [-0.2, -0.15) is 0 Å². The van der Waals surface area contributed by atoms with Gasteiger partial charge in [-0.15, -0.1) is 0 Å². The molecule has 0 saturated heterocycles. The van der Waals surface area contributed by atoms with Crippen LogP contribution in [0.5, 0.6) is 0 Å². The average molecular weight is 163 g/mol. The van der Waals surface area contributed by atoms with Crippen molar-refractivity contribution in [1.29, 1.82) is 0 Å². The zero-order valence-corrected chi connectivity index (χ0v) is 7.41. The maximum absolute atomic E-state index is 8.47. The molecule has 0 spiro atoms. The Morgan fingerprint density at radius 2 is 2.08 bits per heavy atom. The average Bonchev–Trinajstić information content (AvgIpc) is 2.09. The monoisotopic (exact) mass is 163 g/mol. The van der Waals surface area contributed by atoms with Crippen molar-refractivity contribution < 1.29 is 5.21 Å². The fraction of sp³-hybridized carbons (Fsp3) is 0.300. The number of nitrogens with zero attached hydrogens (tertiary/aromatic N) is 1. The summed E-state index contributed by atoms with van der Waals surface area (Å²) in [5, 5.41) is 11.6. The van der Waals surface area contributed by atoms with Crippen LogP contribution in [-0.4, -0.2) is 10.9 Å². The van der Waals surface area contributed by atoms with Crippen molar-refractivity contribution in [3.05, 3.63) is 35.4 Å². The Hall–Kier alpha value is -1.31. The van der Waals surface area contributed by atoms with Crippen molar-refractivity contribution in [3.8, 4) is 0 Å². The van der Waals surface area contributed by atoms with Crippen LogP contribution in [-0.2, 0) is 6.42 Å². The normalized spacial score (nSPS) is 11.7. The summed E-state index contributed by atoms with van der Waals surface area (Å²) < 4.78 is 0. The zero-order chi connectivity index (χ0) is 8.97. The summed E-state index contributed by atoms with van der Waals surface area (Å²) in [6, 6.07) is 8.10. The molecule has 0 unspecified atom stereocenters. The van der Waals surface area contributed by atoms with Gasteiger partial charge >= 0.3 is 0 Å². The summed E-state index contributed by atoms with van der Waals surface area (Å²) in [4.78, 5) is 0. The zero-order valence-electron chi connectivity index (χ0n) is 7.41. The topological polar surface area (TPSA) is 32.6 Å². The number of benzene rings is 1. The minimum absolute atomic E-state index is 0.725. The molecule has 2 nitrogen and oxygen atoms in total. The Bertz CT molecular complexity index is 292. The highest BCUT2D eigenvalue weighted by Gasteiger charge is 1.98. The lowest BCUT2D eigenvalue weighted by atomic mass is 10.0. The van der Waals surface area contributed by atoms with E-state index in [4.69, 9.17) is 5.21 Å². The molecule has 0 atom stereocenters. The van der Waals surface area contributed by atoms with Gasteiger partial charge < -0.3 is 5.21 Å². The first-order chi connectivity index (χ1) is 5.74. The largest absolute Gasteiger partial charge is 0.411 e. The van der Waals surface area contributed by atoms with Gasteiger partial charge in [0.1, 0.15) is 0 Å². The van der Waals surface area contributed by atoms with Crippen LogP contribution in [0.1, 0.15) is 18.1 Å². The molecule has 0 aliphatic heterocycles. The van der Waals surface area contributed by atoms with Crippen LogP contribution in [0.2, 0.25) is 0 Å². The molecule has 0 heterocycles. The molecule has 0 aliphatic rings. The Morgan fingerprint density at radius 1 is 1.42 bits per heavy atom. The van der Waals surface area contributed by atoms with E-state index in [1.54, 1.807) is 0 Å². The quantitative estimate of drug-likeness (QED) is 0.405. The first kappa shape index (κ1) is 8.78. The van der Waals surface area contributed by atoms with Gasteiger partial charge in [-0.1, -0.05) is 29.4 Å². The minimum atomic E-state index is 0.725. The van der Waals surface area contributed by atoms with Gasteiger partial charge in [0, 0.05) is 6.42 Å². The Balaban J connectivity index is 2.82. The molecule has 0 aromatic heterocycles. The first-order valence-electron chi connectivity index (χ1n) is 3.96. The molecule has 64 valence electrons. The van der Waals surface area contributed by atoms with E-state index in [1.807, 2.05) is 25.1 Å². The molecule has 1 aromatic rings. The SMILES string of the molecule is C/C(Cc1ccccc1C)=N\O. The lowest BCUT2D eigenvalue weighted by Crippen LogP contribution is -1.98. The van der Waals surface area contributed by atoms with Crippen LogP contribution in [0.15, 0.2) is 29.4 Å². The molecule has 1 N–H and O–H groups in total. The van der Waals surface area contributed by atoms with Crippen LogP contribution >= 0.6 is 0 Å². The number of rotatable bonds is 2. The highest BCUT2D eigenvalue weighted by molar-refractivity contribution is 5.83. The number of aryl methyl sites for hydroxylation is 1. The second-order valence-corrected chi connectivity index (χ2v) is 2.94. The molecule has 1 aromatic carbocycles. The number of hydrogen-bond donors (Lipinski definition) is 1. The van der Waals surface area contributed by atoms with Crippen molar-refractivity contribution in [2.24, 2.45) is 5.16 Å². The van der Waals surface area contributed by atoms with Crippen LogP contribution in [0, 0.1) is 6.92 Å². The summed E-state index contributed by atoms with van der Waals surface area (Å²) in [5.74, 6) is 0. The van der Waals surface area contributed by atoms with E-state index >= 15 is 0 Å². The van der Waals surface area contributed by atoms with E-state index in [1.165, 1.54) is 11.1 Å². The van der Waals surface area contributed by atoms with E-state index in [9.17, 15) is 0 Å². The van der Waals surface area contributed by atoms with Gasteiger partial charge in [-0.05, 0) is 25.0 Å². The molecule has 1 rings (SSSR count). The maximum Gasteiger partial charge on any atom is 0.0583 e. The third-order valence-corrected chi connectivity index (χ3v) is 1.88. The van der Waals surface area contributed by atoms with Crippen molar-refractivity contribution >= 4 is 5.71 Å². The summed E-state index contributed by atoms with van der Waals surface area (Å²) in [6.45, 7) is 3.87. The standard InChI is InChI=1S/C10H13NO/c1-8-5-3-4-6-10(8)7-9(2)11-12/h3-6,12H,7H2,1-2H3/b11-9+. The molecule has 0 aliphatic carbocycles. The molecule has 0 amide bonds. The van der Waals surface area contributed by atoms with E-state index in [0.717, 1.165) is 12.1 Å². The van der Waals surface area contributed by atoms with Crippen molar-refractivity contribution in [3.63, 3.8) is 0 Å². The van der Waals surface area contributed by atoms with Crippen molar-refractivity contribution in [2.75, 3.05) is 0 Å². The third-order valence-electron chi connectivity index (χ3n) is 1.88. The molecule has 0 fully saturated rings. The van der Waals surface area contributed by atoms with E-state index < -0.39 is 0 Å². The highest BCUT2D eigenvalue weighted by Crippen LogP contribution is 2.07. The molecular weight excluding hydrogens is 150 g/mol. The van der Waals surface area contributed by atoms with E-state index in [-0.39, 0.29) is 0 Å². The van der Waals surface area contributed by atoms with Crippen LogP contribution < -0.4 is 0 Å². The number of hydrogen-bond acceptors (Lipinski definition) is 2. The summed E-state index contributed by atoms with van der Waals surface area (Å²) in [5.41, 5.74) is 3.19. The van der Waals surface area contributed by atoms with Gasteiger partial charge in [0.25, 0.3) is 0 Å². The minimum Gasteiger partial charge on any atom is -0.411 e. The Kier molecular flexibility index (Phi) is 2.86. The van der Waals surface area contributed by atoms with E-state index in [0.29, 0.717) is 0 Å². The fourth-order valence-corrected chi connectivity index (χ4v) is 1.12. The summed E-state index contributed by atoms with van der Waals surface area (Å²) in [6.07, 6.45) is 0.725. The second-order valence-electron chi connectivity index (χ2n) is 2.94. The summed E-state index contributed by atoms with van der Waals surface area (Å²) >= 11 is 0. The van der Waals surface area contributed by atoms with Crippen LogP contribution in [0.4, 0.5) is 0 Å². The summed E-state index contributed by atoms with van der Waals surface area (Å²) in [7, 11) is 0. The first-order valence-corrected chi connectivity index (χ1v) is 3.96. The van der Waals surface area contributed by atoms with Crippen LogP contribution in [0.25, 0.3) is 0 Å². The van der Waals surface area contributed by atoms with Gasteiger partial charge in [0.2, 0.25) is 0 Å². The van der Waals surface area contributed by atoms with Crippen LogP contribution in [0.3, 0.4) is 0 Å². The second kappa shape index (κ2) is 3.90.